The number of aliphatic imine (C=N–C) groups is 1. The molecule has 0 atom stereocenters. The smallest absolute Gasteiger partial charge is 0.128 e. The highest BCUT2D eigenvalue weighted by Crippen LogP contribution is 2.25. The monoisotopic (exact) mass is 466 g/mol. The van der Waals surface area contributed by atoms with Crippen LogP contribution in [0.1, 0.15) is 60.8 Å². The van der Waals surface area contributed by atoms with Crippen LogP contribution in [0.15, 0.2) is 87.2 Å². The highest BCUT2D eigenvalue weighted by atomic mass is 19.1. The van der Waals surface area contributed by atoms with Crippen LogP contribution in [0.4, 0.5) is 4.39 Å². The van der Waals surface area contributed by atoms with Gasteiger partial charge < -0.3 is 15.5 Å². The van der Waals surface area contributed by atoms with E-state index in [4.69, 9.17) is 0 Å². The Bertz CT molecular complexity index is 935. The molecule has 1 fully saturated rings. The lowest BCUT2D eigenvalue weighted by molar-refractivity contribution is 0.299. The lowest BCUT2D eigenvalue weighted by Gasteiger charge is -2.34. The van der Waals surface area contributed by atoms with Crippen LogP contribution >= 0.6 is 0 Å². The van der Waals surface area contributed by atoms with E-state index in [0.29, 0.717) is 12.1 Å². The molecule has 2 aliphatic rings. The molecule has 5 heteroatoms. The molecule has 4 nitrogen and oxygen atoms in total. The molecule has 0 saturated carbocycles. The van der Waals surface area contributed by atoms with Gasteiger partial charge in [0.25, 0.3) is 0 Å². The number of nitrogens with zero attached hydrogens (tertiary/aromatic N) is 2. The van der Waals surface area contributed by atoms with Crippen LogP contribution in [0.25, 0.3) is 0 Å². The highest BCUT2D eigenvalue weighted by Gasteiger charge is 2.20. The summed E-state index contributed by atoms with van der Waals surface area (Å²) >= 11 is 0. The van der Waals surface area contributed by atoms with Crippen LogP contribution in [-0.4, -0.2) is 43.3 Å². The molecule has 1 saturated heterocycles. The number of hydrogen-bond donors (Lipinski definition) is 2. The molecule has 186 valence electrons. The second-order valence-electron chi connectivity index (χ2n) is 8.78. The van der Waals surface area contributed by atoms with E-state index in [1.54, 1.807) is 12.3 Å². The van der Waals surface area contributed by atoms with Crippen LogP contribution in [0.5, 0.6) is 0 Å². The zero-order chi connectivity index (χ0) is 24.9. The van der Waals surface area contributed by atoms with Crippen molar-refractivity contribution in [3.05, 3.63) is 82.2 Å². The Morgan fingerprint density at radius 3 is 2.53 bits per heavy atom. The first-order valence-corrected chi connectivity index (χ1v) is 12.7. The molecule has 2 N–H and O–H groups in total. The normalized spacial score (nSPS) is 21.2. The fourth-order valence-corrected chi connectivity index (χ4v) is 4.06. The Morgan fingerprint density at radius 2 is 1.91 bits per heavy atom. The van der Waals surface area contributed by atoms with Gasteiger partial charge in [-0.25, -0.2) is 4.39 Å². The molecule has 1 aliphatic heterocycles. The third kappa shape index (κ3) is 7.98. The van der Waals surface area contributed by atoms with E-state index in [1.807, 2.05) is 26.0 Å². The SMILES string of the molecule is C\C=C/N=C1\C=C(CNC(=C/C)/C(=C(C)\C=C(/C)CC)N2CCNCC2)C(F)=C\C1=C/CCC. The van der Waals surface area contributed by atoms with Gasteiger partial charge in [0.1, 0.15) is 5.83 Å². The molecule has 0 radical (unpaired) electrons. The van der Waals surface area contributed by atoms with Gasteiger partial charge in [0.2, 0.25) is 0 Å². The maximum absolute atomic E-state index is 15.1. The van der Waals surface area contributed by atoms with Crippen molar-refractivity contribution in [1.29, 1.82) is 0 Å². The summed E-state index contributed by atoms with van der Waals surface area (Å²) in [6.45, 7) is 16.9. The van der Waals surface area contributed by atoms with Crippen molar-refractivity contribution < 1.29 is 4.39 Å². The summed E-state index contributed by atoms with van der Waals surface area (Å²) in [7, 11) is 0. The summed E-state index contributed by atoms with van der Waals surface area (Å²) in [6, 6.07) is 0. The summed E-state index contributed by atoms with van der Waals surface area (Å²) in [5.41, 5.74) is 7.09. The number of allylic oxidation sites excluding steroid dienone is 9. The van der Waals surface area contributed by atoms with Gasteiger partial charge >= 0.3 is 0 Å². The molecule has 1 heterocycles. The number of nitrogens with one attached hydrogen (secondary N) is 2. The molecule has 1 aliphatic carbocycles. The minimum Gasteiger partial charge on any atom is -0.379 e. The third-order valence-corrected chi connectivity index (χ3v) is 6.05. The largest absolute Gasteiger partial charge is 0.379 e. The highest BCUT2D eigenvalue weighted by molar-refractivity contribution is 6.12. The standard InChI is InChI=1S/C29H43FN4/c1-7-11-12-24-19-26(30)25(20-28(24)32-13-8-2)21-33-27(10-4)29(23(6)18-22(5)9-3)34-16-14-31-15-17-34/h8,10,12-13,18-20,31,33H,7,9,11,14-17,21H2,1-6H3/b13-8-,22-18+,24-12+,27-10+,29-23+,32-28+. The Balaban J connectivity index is 2.34. The fourth-order valence-electron chi connectivity index (χ4n) is 4.06. The van der Waals surface area contributed by atoms with Crippen LogP contribution in [-0.2, 0) is 0 Å². The van der Waals surface area contributed by atoms with Crippen molar-refractivity contribution in [2.45, 2.75) is 60.8 Å². The topological polar surface area (TPSA) is 39.7 Å². The van der Waals surface area contributed by atoms with Crippen LogP contribution in [0, 0.1) is 0 Å². The lowest BCUT2D eigenvalue weighted by atomic mass is 9.97. The van der Waals surface area contributed by atoms with E-state index in [-0.39, 0.29) is 5.83 Å². The van der Waals surface area contributed by atoms with E-state index in [1.165, 1.54) is 16.8 Å². The molecule has 0 bridgehead atoms. The van der Waals surface area contributed by atoms with Crippen molar-refractivity contribution >= 4 is 5.71 Å². The molecule has 0 aromatic rings. The van der Waals surface area contributed by atoms with Crippen molar-refractivity contribution in [3.63, 3.8) is 0 Å². The van der Waals surface area contributed by atoms with Crippen molar-refractivity contribution in [3.8, 4) is 0 Å². The first-order valence-electron chi connectivity index (χ1n) is 12.7. The fraction of sp³-hybridized carbons (Fsp3) is 0.483. The molecule has 0 aromatic heterocycles. The van der Waals surface area contributed by atoms with E-state index < -0.39 is 0 Å². The zero-order valence-electron chi connectivity index (χ0n) is 22.0. The molecule has 34 heavy (non-hydrogen) atoms. The van der Waals surface area contributed by atoms with E-state index in [0.717, 1.165) is 62.4 Å². The molecule has 2 rings (SSSR count). The maximum Gasteiger partial charge on any atom is 0.128 e. The van der Waals surface area contributed by atoms with Crippen molar-refractivity contribution in [2.24, 2.45) is 4.99 Å². The van der Waals surface area contributed by atoms with Gasteiger partial charge in [-0.15, -0.1) is 0 Å². The first-order chi connectivity index (χ1) is 16.4. The van der Waals surface area contributed by atoms with E-state index >= 15 is 4.39 Å². The molecular formula is C29H43FN4. The van der Waals surface area contributed by atoms with Gasteiger partial charge in [0.05, 0.1) is 17.1 Å². The summed E-state index contributed by atoms with van der Waals surface area (Å²) in [5, 5.41) is 6.98. The molecule has 0 aromatic carbocycles. The molecule has 0 spiro atoms. The minimum atomic E-state index is -0.198. The van der Waals surface area contributed by atoms with Crippen molar-refractivity contribution in [2.75, 3.05) is 32.7 Å². The van der Waals surface area contributed by atoms with Gasteiger partial charge in [0, 0.05) is 44.5 Å². The number of unbranched alkanes of at least 4 members (excludes halogenated alkanes) is 1. The number of hydrogen-bond acceptors (Lipinski definition) is 4. The van der Waals surface area contributed by atoms with Gasteiger partial charge in [-0.3, -0.25) is 4.99 Å². The first kappa shape index (κ1) is 27.6. The number of halogens is 1. The summed E-state index contributed by atoms with van der Waals surface area (Å²) in [5.74, 6) is -0.198. The summed E-state index contributed by atoms with van der Waals surface area (Å²) < 4.78 is 15.1. The minimum absolute atomic E-state index is 0.198. The Labute approximate surface area is 206 Å². The second-order valence-corrected chi connectivity index (χ2v) is 8.78. The average Bonchev–Trinajstić information content (AvgIpc) is 2.85. The lowest BCUT2D eigenvalue weighted by Crippen LogP contribution is -2.44. The van der Waals surface area contributed by atoms with Gasteiger partial charge in [-0.2, -0.15) is 0 Å². The van der Waals surface area contributed by atoms with Gasteiger partial charge in [-0.1, -0.05) is 50.1 Å². The molecule has 0 unspecified atom stereocenters. The number of piperazine rings is 1. The van der Waals surface area contributed by atoms with E-state index in [9.17, 15) is 0 Å². The zero-order valence-corrected chi connectivity index (χ0v) is 22.0. The maximum atomic E-state index is 15.1. The Morgan fingerprint density at radius 1 is 1.18 bits per heavy atom. The summed E-state index contributed by atoms with van der Waals surface area (Å²) in [6.07, 6.45) is 16.5. The predicted molar refractivity (Wildman–Crippen MR) is 145 cm³/mol. The van der Waals surface area contributed by atoms with Crippen LogP contribution in [0.3, 0.4) is 0 Å². The third-order valence-electron chi connectivity index (χ3n) is 6.05. The predicted octanol–water partition coefficient (Wildman–Crippen LogP) is 6.51. The van der Waals surface area contributed by atoms with Gasteiger partial charge in [0.15, 0.2) is 0 Å². The van der Waals surface area contributed by atoms with E-state index in [2.05, 4.69) is 66.4 Å². The van der Waals surface area contributed by atoms with Crippen LogP contribution in [0.2, 0.25) is 0 Å². The Kier molecular flexibility index (Phi) is 11.8. The van der Waals surface area contributed by atoms with Crippen LogP contribution < -0.4 is 10.6 Å². The van der Waals surface area contributed by atoms with Crippen molar-refractivity contribution in [1.82, 2.24) is 15.5 Å². The second kappa shape index (κ2) is 14.6. The van der Waals surface area contributed by atoms with Gasteiger partial charge in [-0.05, 0) is 63.8 Å². The molecular weight excluding hydrogens is 423 g/mol. The number of rotatable bonds is 10. The quantitative estimate of drug-likeness (QED) is 0.361. The Hall–Kier alpha value is -2.66. The molecule has 0 amide bonds. The summed E-state index contributed by atoms with van der Waals surface area (Å²) in [4.78, 5) is 6.98. The average molecular weight is 467 g/mol.